The van der Waals surface area contributed by atoms with Crippen LogP contribution >= 0.6 is 11.8 Å². The Balaban J connectivity index is 1.20. The highest BCUT2D eigenvalue weighted by molar-refractivity contribution is 8.05. The van der Waals surface area contributed by atoms with Crippen molar-refractivity contribution in [1.29, 1.82) is 5.26 Å². The summed E-state index contributed by atoms with van der Waals surface area (Å²) in [7, 11) is 0. The van der Waals surface area contributed by atoms with Crippen molar-refractivity contribution in [3.63, 3.8) is 0 Å². The van der Waals surface area contributed by atoms with E-state index in [9.17, 15) is 5.26 Å². The summed E-state index contributed by atoms with van der Waals surface area (Å²) in [4.78, 5) is 9.17. The quantitative estimate of drug-likeness (QED) is 0.333. The van der Waals surface area contributed by atoms with Crippen molar-refractivity contribution < 1.29 is 0 Å². The number of benzene rings is 1. The molecule has 8 rings (SSSR count). The van der Waals surface area contributed by atoms with Crippen LogP contribution in [0.3, 0.4) is 0 Å². The molecule has 0 aromatic heterocycles. The van der Waals surface area contributed by atoms with Crippen molar-refractivity contribution in [3.8, 4) is 6.07 Å². The van der Waals surface area contributed by atoms with E-state index in [0.29, 0.717) is 23.6 Å². The first kappa shape index (κ1) is 27.3. The van der Waals surface area contributed by atoms with Crippen LogP contribution in [-0.2, 0) is 0 Å². The Kier molecular flexibility index (Phi) is 6.43. The first-order valence-electron chi connectivity index (χ1n) is 16.4. The SMILES string of the molecule is CC1CC2=C(SC3(C)C=CCCC23)C2=C1N(C1=CC(c3cccc(C4CCCC(C#N)=N4)c3)=CCC1)C1C=CC=CC21C. The summed E-state index contributed by atoms with van der Waals surface area (Å²) in [5, 5.41) is 9.44. The minimum atomic E-state index is -0.0283. The number of nitrogens with zero attached hydrogens (tertiary/aromatic N) is 3. The Hall–Kier alpha value is -3.29. The Bertz CT molecular complexity index is 1690. The summed E-state index contributed by atoms with van der Waals surface area (Å²) in [6, 6.07) is 11.6. The zero-order valence-electron chi connectivity index (χ0n) is 25.6. The van der Waals surface area contributed by atoms with Crippen LogP contribution < -0.4 is 0 Å². The van der Waals surface area contributed by atoms with E-state index in [2.05, 4.69) is 116 Å². The second kappa shape index (κ2) is 10.1. The molecule has 0 amide bonds. The van der Waals surface area contributed by atoms with Crippen LogP contribution in [0.25, 0.3) is 5.57 Å². The molecule has 3 heterocycles. The van der Waals surface area contributed by atoms with Gasteiger partial charge >= 0.3 is 0 Å². The van der Waals surface area contributed by atoms with E-state index in [1.165, 1.54) is 41.7 Å². The Morgan fingerprint density at radius 3 is 2.88 bits per heavy atom. The van der Waals surface area contributed by atoms with Crippen LogP contribution in [0.15, 0.2) is 105 Å². The lowest BCUT2D eigenvalue weighted by molar-refractivity contribution is 0.274. The molecule has 6 unspecified atom stereocenters. The second-order valence-corrected chi connectivity index (χ2v) is 15.4. The Morgan fingerprint density at radius 2 is 2.00 bits per heavy atom. The van der Waals surface area contributed by atoms with E-state index in [0.717, 1.165) is 32.1 Å². The van der Waals surface area contributed by atoms with E-state index < -0.39 is 0 Å². The minimum absolute atomic E-state index is 0.0283. The van der Waals surface area contributed by atoms with Gasteiger partial charge in [0.2, 0.25) is 0 Å². The molecule has 0 bridgehead atoms. The minimum Gasteiger partial charge on any atom is -0.340 e. The van der Waals surface area contributed by atoms with Crippen molar-refractivity contribution in [2.24, 2.45) is 22.2 Å². The Labute approximate surface area is 261 Å². The largest absolute Gasteiger partial charge is 0.340 e. The summed E-state index contributed by atoms with van der Waals surface area (Å²) in [6.07, 6.45) is 28.0. The lowest BCUT2D eigenvalue weighted by atomic mass is 9.69. The van der Waals surface area contributed by atoms with Crippen LogP contribution in [0.1, 0.15) is 89.3 Å². The van der Waals surface area contributed by atoms with E-state index >= 15 is 0 Å². The zero-order chi connectivity index (χ0) is 29.3. The summed E-state index contributed by atoms with van der Waals surface area (Å²) < 4.78 is 0.194. The summed E-state index contributed by atoms with van der Waals surface area (Å²) in [6.45, 7) is 7.47. The first-order chi connectivity index (χ1) is 20.9. The average molecular weight is 584 g/mol. The third-order valence-corrected chi connectivity index (χ3v) is 12.7. The van der Waals surface area contributed by atoms with E-state index in [4.69, 9.17) is 4.99 Å². The fourth-order valence-electron chi connectivity index (χ4n) is 9.07. The molecule has 0 saturated carbocycles. The van der Waals surface area contributed by atoms with Gasteiger partial charge in [0.1, 0.15) is 11.8 Å². The fraction of sp³-hybridized carbons (Fsp3) is 0.436. The van der Waals surface area contributed by atoms with Crippen LogP contribution in [0.5, 0.6) is 0 Å². The highest BCUT2D eigenvalue weighted by atomic mass is 32.2. The molecule has 3 nitrogen and oxygen atoms in total. The van der Waals surface area contributed by atoms with Crippen molar-refractivity contribution in [2.45, 2.75) is 89.0 Å². The number of allylic oxidation sites excluding steroid dienone is 10. The predicted molar refractivity (Wildman–Crippen MR) is 179 cm³/mol. The smallest absolute Gasteiger partial charge is 0.114 e. The van der Waals surface area contributed by atoms with Crippen molar-refractivity contribution in [1.82, 2.24) is 4.90 Å². The van der Waals surface area contributed by atoms with Crippen molar-refractivity contribution in [3.05, 3.63) is 111 Å². The highest BCUT2D eigenvalue weighted by Crippen LogP contribution is 2.67. The predicted octanol–water partition coefficient (Wildman–Crippen LogP) is 9.77. The molecule has 1 aromatic rings. The summed E-state index contributed by atoms with van der Waals surface area (Å²) >= 11 is 2.17. The van der Waals surface area contributed by atoms with Gasteiger partial charge < -0.3 is 4.90 Å². The van der Waals surface area contributed by atoms with Gasteiger partial charge in [-0.2, -0.15) is 5.26 Å². The van der Waals surface area contributed by atoms with Crippen LogP contribution in [0, 0.1) is 28.6 Å². The lowest BCUT2D eigenvalue weighted by Gasteiger charge is -2.39. The summed E-state index contributed by atoms with van der Waals surface area (Å²) in [5.41, 5.74) is 10.9. The van der Waals surface area contributed by atoms with Gasteiger partial charge in [-0.05, 0) is 106 Å². The number of rotatable bonds is 3. The average Bonchev–Trinajstić information content (AvgIpc) is 3.49. The maximum Gasteiger partial charge on any atom is 0.114 e. The van der Waals surface area contributed by atoms with Gasteiger partial charge in [-0.15, -0.1) is 11.8 Å². The monoisotopic (exact) mass is 583 g/mol. The highest BCUT2D eigenvalue weighted by Gasteiger charge is 2.57. The number of thioether (sulfide) groups is 1. The van der Waals surface area contributed by atoms with Gasteiger partial charge in [0.15, 0.2) is 0 Å². The molecule has 218 valence electrons. The number of aliphatic imine (C=N–C) groups is 1. The van der Waals surface area contributed by atoms with Gasteiger partial charge in [0, 0.05) is 32.4 Å². The van der Waals surface area contributed by atoms with Crippen molar-refractivity contribution in [2.75, 3.05) is 0 Å². The molecule has 1 aromatic carbocycles. The molecule has 0 fully saturated rings. The van der Waals surface area contributed by atoms with E-state index in [1.54, 1.807) is 21.7 Å². The van der Waals surface area contributed by atoms with Gasteiger partial charge in [-0.25, -0.2) is 0 Å². The molecule has 3 aliphatic heterocycles. The zero-order valence-corrected chi connectivity index (χ0v) is 26.5. The molecule has 4 aliphatic carbocycles. The topological polar surface area (TPSA) is 39.4 Å². The molecular weight excluding hydrogens is 543 g/mol. The fourth-order valence-corrected chi connectivity index (χ4v) is 10.9. The molecule has 0 radical (unpaired) electrons. The molecule has 0 N–H and O–H groups in total. The molecule has 4 heteroatoms. The van der Waals surface area contributed by atoms with Gasteiger partial charge in [0.05, 0.1) is 12.1 Å². The number of hydrogen-bond acceptors (Lipinski definition) is 4. The summed E-state index contributed by atoms with van der Waals surface area (Å²) in [5.74, 6) is 1.17. The van der Waals surface area contributed by atoms with E-state index in [-0.39, 0.29) is 16.2 Å². The molecular formula is C39H41N3S. The number of nitriles is 1. The first-order valence-corrected chi connectivity index (χ1v) is 17.2. The van der Waals surface area contributed by atoms with Crippen LogP contribution in [0.2, 0.25) is 0 Å². The standard InChI is InChI=1S/C39H41N3S/c1-25-21-31-32-16-4-7-20-39(32,3)43-37(31)35-36(25)42(34-18-5-6-19-38(34,35)2)30-15-9-12-27(23-30)26-11-8-13-28(22-26)33-17-10-14-29(24-40)41-33/h5-8,11-13,18-20,22-23,25,32-34H,4,9-10,14-17,21H2,1-3H3. The van der Waals surface area contributed by atoms with Crippen LogP contribution in [-0.4, -0.2) is 21.4 Å². The van der Waals surface area contributed by atoms with Gasteiger partial charge in [-0.3, -0.25) is 4.99 Å². The maximum absolute atomic E-state index is 9.44. The molecule has 0 spiro atoms. The molecule has 6 atom stereocenters. The Morgan fingerprint density at radius 1 is 1.09 bits per heavy atom. The van der Waals surface area contributed by atoms with Gasteiger partial charge in [-0.1, -0.05) is 73.2 Å². The molecule has 7 aliphatic rings. The van der Waals surface area contributed by atoms with E-state index in [1.807, 2.05) is 0 Å². The number of hydrogen-bond donors (Lipinski definition) is 0. The maximum atomic E-state index is 9.44. The lowest BCUT2D eigenvalue weighted by Crippen LogP contribution is -2.39. The van der Waals surface area contributed by atoms with Crippen molar-refractivity contribution >= 4 is 23.0 Å². The molecule has 43 heavy (non-hydrogen) atoms. The van der Waals surface area contributed by atoms with Crippen LogP contribution in [0.4, 0.5) is 0 Å². The third kappa shape index (κ3) is 4.18. The number of fused-ring (bicyclic) bond motifs is 5. The van der Waals surface area contributed by atoms with Gasteiger partial charge in [0.25, 0.3) is 0 Å². The molecule has 0 saturated heterocycles. The third-order valence-electron chi connectivity index (χ3n) is 11.1. The normalized spacial score (nSPS) is 36.0. The second-order valence-electron chi connectivity index (χ2n) is 13.9.